The molecule has 1 aromatic carbocycles. The monoisotopic (exact) mass is 476 g/mol. The number of furan rings is 2. The van der Waals surface area contributed by atoms with Crippen LogP contribution < -0.4 is 10.5 Å². The van der Waals surface area contributed by atoms with Gasteiger partial charge in [0, 0.05) is 18.5 Å². The molecule has 1 saturated heterocycles. The second kappa shape index (κ2) is 8.68. The summed E-state index contributed by atoms with van der Waals surface area (Å²) in [6.45, 7) is 4.75. The fraction of sp³-hybridized carbons (Fsp3) is 0.333. The number of hydrogen-bond acceptors (Lipinski definition) is 8. The molecule has 4 aromatic heterocycles. The van der Waals surface area contributed by atoms with Gasteiger partial charge in [-0.05, 0) is 43.0 Å². The zero-order valence-corrected chi connectivity index (χ0v) is 19.5. The Kier molecular flexibility index (Phi) is 5.37. The normalized spacial score (nSPS) is 15.0. The number of H-pyrrole nitrogens is 1. The lowest BCUT2D eigenvalue weighted by Crippen LogP contribution is -2.35. The van der Waals surface area contributed by atoms with Gasteiger partial charge in [0.1, 0.15) is 22.7 Å². The molecule has 0 atom stereocenters. The van der Waals surface area contributed by atoms with Crippen molar-refractivity contribution in [3.63, 3.8) is 0 Å². The molecule has 1 N–H and O–H groups in total. The van der Waals surface area contributed by atoms with E-state index in [1.807, 2.05) is 36.4 Å². The molecule has 1 aliphatic rings. The number of para-hydroxylation sites is 1. The third kappa shape index (κ3) is 3.87. The summed E-state index contributed by atoms with van der Waals surface area (Å²) in [5.41, 5.74) is 1.20. The molecule has 0 unspecified atom stereocenters. The van der Waals surface area contributed by atoms with Gasteiger partial charge in [0.05, 0.1) is 18.6 Å². The second-order valence-electron chi connectivity index (χ2n) is 8.69. The standard InChI is InChI=1S/C24H24N6O3S/c1-15-8-10-29(11-9-15)23-27-28-24(30(23)13-16-5-4-12-32-16)34-14-19-25-20-17-6-2-3-7-18(17)33-21(20)22(31)26-19/h2-7,12,15H,8-11,13-14H2,1H3,(H,25,26,31). The SMILES string of the molecule is CC1CCN(c2nnc(SCc3nc4c(oc5ccccc54)c(=O)[nH]3)n2Cc2ccco2)CC1. The first-order valence-electron chi connectivity index (χ1n) is 11.4. The Balaban J connectivity index is 1.30. The first kappa shape index (κ1) is 21.0. The molecule has 1 aliphatic heterocycles. The number of nitrogens with zero attached hydrogens (tertiary/aromatic N) is 5. The molecule has 0 amide bonds. The molecule has 10 heteroatoms. The summed E-state index contributed by atoms with van der Waals surface area (Å²) in [5, 5.41) is 10.6. The molecule has 9 nitrogen and oxygen atoms in total. The molecular weight excluding hydrogens is 452 g/mol. The van der Waals surface area contributed by atoms with Crippen LogP contribution in [0.4, 0.5) is 5.95 Å². The Hall–Kier alpha value is -3.53. The molecular formula is C24H24N6O3S. The van der Waals surface area contributed by atoms with Crippen LogP contribution in [0.3, 0.4) is 0 Å². The zero-order valence-electron chi connectivity index (χ0n) is 18.7. The number of anilines is 1. The number of piperidine rings is 1. The molecule has 0 radical (unpaired) electrons. The first-order chi connectivity index (χ1) is 16.7. The number of nitrogens with one attached hydrogen (secondary N) is 1. The number of benzene rings is 1. The highest BCUT2D eigenvalue weighted by Gasteiger charge is 2.24. The van der Waals surface area contributed by atoms with Crippen LogP contribution in [0.15, 0.2) is 61.4 Å². The fourth-order valence-electron chi connectivity index (χ4n) is 4.38. The lowest BCUT2D eigenvalue weighted by Gasteiger charge is -2.31. The number of aromatic amines is 1. The summed E-state index contributed by atoms with van der Waals surface area (Å²) in [4.78, 5) is 22.5. The lowest BCUT2D eigenvalue weighted by atomic mass is 10.00. The maximum Gasteiger partial charge on any atom is 0.294 e. The Labute approximate surface area is 199 Å². The van der Waals surface area contributed by atoms with Crippen LogP contribution in [0.25, 0.3) is 22.1 Å². The molecule has 6 rings (SSSR count). The average Bonchev–Trinajstić information content (AvgIpc) is 3.58. The quantitative estimate of drug-likeness (QED) is 0.359. The van der Waals surface area contributed by atoms with Gasteiger partial charge >= 0.3 is 0 Å². The summed E-state index contributed by atoms with van der Waals surface area (Å²) in [6.07, 6.45) is 3.95. The number of fused-ring (bicyclic) bond motifs is 3. The number of thioether (sulfide) groups is 1. The van der Waals surface area contributed by atoms with Crippen molar-refractivity contribution in [2.75, 3.05) is 18.0 Å². The Morgan fingerprint density at radius 2 is 2.00 bits per heavy atom. The van der Waals surface area contributed by atoms with Crippen molar-refractivity contribution >= 4 is 39.8 Å². The highest BCUT2D eigenvalue weighted by atomic mass is 32.2. The van der Waals surface area contributed by atoms with Gasteiger partial charge in [0.15, 0.2) is 5.16 Å². The molecule has 0 aliphatic carbocycles. The molecule has 0 saturated carbocycles. The molecule has 174 valence electrons. The van der Waals surface area contributed by atoms with E-state index in [-0.39, 0.29) is 11.1 Å². The fourth-order valence-corrected chi connectivity index (χ4v) is 5.18. The Morgan fingerprint density at radius 3 is 2.82 bits per heavy atom. The third-order valence-corrected chi connectivity index (χ3v) is 7.25. The Bertz CT molecular complexity index is 1490. The Morgan fingerprint density at radius 1 is 1.15 bits per heavy atom. The van der Waals surface area contributed by atoms with E-state index in [1.165, 1.54) is 11.8 Å². The number of hydrogen-bond donors (Lipinski definition) is 1. The summed E-state index contributed by atoms with van der Waals surface area (Å²) >= 11 is 1.49. The largest absolute Gasteiger partial charge is 0.467 e. The van der Waals surface area contributed by atoms with E-state index in [2.05, 4.69) is 31.6 Å². The van der Waals surface area contributed by atoms with Crippen molar-refractivity contribution in [2.24, 2.45) is 5.92 Å². The maximum absolute atomic E-state index is 12.6. The summed E-state index contributed by atoms with van der Waals surface area (Å²) < 4.78 is 13.4. The van der Waals surface area contributed by atoms with Crippen molar-refractivity contribution in [2.45, 2.75) is 37.2 Å². The van der Waals surface area contributed by atoms with Gasteiger partial charge in [-0.2, -0.15) is 0 Å². The number of aromatic nitrogens is 5. The van der Waals surface area contributed by atoms with E-state index in [4.69, 9.17) is 13.8 Å². The summed E-state index contributed by atoms with van der Waals surface area (Å²) in [6, 6.07) is 11.4. The molecule has 0 spiro atoms. The molecule has 0 bridgehead atoms. The predicted molar refractivity (Wildman–Crippen MR) is 130 cm³/mol. The van der Waals surface area contributed by atoms with Crippen LogP contribution in [0, 0.1) is 5.92 Å². The van der Waals surface area contributed by atoms with Crippen molar-refractivity contribution in [3.05, 3.63) is 64.6 Å². The van der Waals surface area contributed by atoms with Gasteiger partial charge in [0.2, 0.25) is 11.5 Å². The molecule has 34 heavy (non-hydrogen) atoms. The highest BCUT2D eigenvalue weighted by molar-refractivity contribution is 7.98. The maximum atomic E-state index is 12.6. The van der Waals surface area contributed by atoms with E-state index >= 15 is 0 Å². The average molecular weight is 477 g/mol. The topological polar surface area (TPSA) is 106 Å². The molecule has 1 fully saturated rings. The summed E-state index contributed by atoms with van der Waals surface area (Å²) in [7, 11) is 0. The van der Waals surface area contributed by atoms with Gasteiger partial charge in [-0.25, -0.2) is 4.98 Å². The van der Waals surface area contributed by atoms with E-state index in [0.29, 0.717) is 29.2 Å². The van der Waals surface area contributed by atoms with Crippen molar-refractivity contribution in [1.82, 2.24) is 24.7 Å². The van der Waals surface area contributed by atoms with Crippen molar-refractivity contribution in [3.8, 4) is 0 Å². The minimum atomic E-state index is -0.281. The van der Waals surface area contributed by atoms with E-state index < -0.39 is 0 Å². The minimum Gasteiger partial charge on any atom is -0.467 e. The lowest BCUT2D eigenvalue weighted by molar-refractivity contribution is 0.427. The second-order valence-corrected chi connectivity index (χ2v) is 9.64. The van der Waals surface area contributed by atoms with Crippen LogP contribution >= 0.6 is 11.8 Å². The number of rotatable bonds is 6. The summed E-state index contributed by atoms with van der Waals surface area (Å²) in [5.74, 6) is 3.42. The van der Waals surface area contributed by atoms with Crippen LogP contribution in [0.2, 0.25) is 0 Å². The van der Waals surface area contributed by atoms with Crippen LogP contribution in [0.5, 0.6) is 0 Å². The zero-order chi connectivity index (χ0) is 23.1. The smallest absolute Gasteiger partial charge is 0.294 e. The van der Waals surface area contributed by atoms with Gasteiger partial charge in [0.25, 0.3) is 5.56 Å². The van der Waals surface area contributed by atoms with Crippen molar-refractivity contribution in [1.29, 1.82) is 0 Å². The van der Waals surface area contributed by atoms with Gasteiger partial charge in [-0.1, -0.05) is 30.8 Å². The van der Waals surface area contributed by atoms with Crippen LogP contribution in [-0.4, -0.2) is 37.8 Å². The molecule has 5 aromatic rings. The third-order valence-electron chi connectivity index (χ3n) is 6.28. The van der Waals surface area contributed by atoms with Gasteiger partial charge in [-0.15, -0.1) is 10.2 Å². The van der Waals surface area contributed by atoms with Crippen molar-refractivity contribution < 1.29 is 8.83 Å². The van der Waals surface area contributed by atoms with Gasteiger partial charge in [-0.3, -0.25) is 9.36 Å². The van der Waals surface area contributed by atoms with E-state index in [0.717, 1.165) is 54.1 Å². The van der Waals surface area contributed by atoms with E-state index in [9.17, 15) is 4.79 Å². The van der Waals surface area contributed by atoms with E-state index in [1.54, 1.807) is 6.26 Å². The first-order valence-corrected chi connectivity index (χ1v) is 12.4. The highest BCUT2D eigenvalue weighted by Crippen LogP contribution is 2.29. The van der Waals surface area contributed by atoms with Crippen LogP contribution in [0.1, 0.15) is 31.4 Å². The van der Waals surface area contributed by atoms with Gasteiger partial charge < -0.3 is 18.7 Å². The minimum absolute atomic E-state index is 0.248. The molecule has 5 heterocycles. The van der Waals surface area contributed by atoms with Crippen LogP contribution in [-0.2, 0) is 12.3 Å². The predicted octanol–water partition coefficient (Wildman–Crippen LogP) is 4.43.